The number of halogens is 4. The van der Waals surface area contributed by atoms with Crippen LogP contribution < -0.4 is 10.5 Å². The molecule has 0 aliphatic rings. The summed E-state index contributed by atoms with van der Waals surface area (Å²) in [5, 5.41) is -0.112. The fourth-order valence-electron chi connectivity index (χ4n) is 2.16. The third-order valence-corrected chi connectivity index (χ3v) is 5.91. The number of aromatic nitrogens is 1. The number of nitrogens with one attached hydrogen (secondary N) is 1. The first-order valence-electron chi connectivity index (χ1n) is 7.27. The summed E-state index contributed by atoms with van der Waals surface area (Å²) < 4.78 is 79.2. The van der Waals surface area contributed by atoms with E-state index in [1.165, 1.54) is 24.3 Å². The maximum atomic E-state index is 14.0. The molecule has 0 aliphatic carbocycles. The molecule has 3 rings (SSSR count). The van der Waals surface area contributed by atoms with Gasteiger partial charge in [-0.15, -0.1) is 0 Å². The van der Waals surface area contributed by atoms with Crippen molar-refractivity contribution in [3.8, 4) is 10.4 Å². The minimum absolute atomic E-state index is 0.0496. The van der Waals surface area contributed by atoms with Gasteiger partial charge in [-0.3, -0.25) is 4.72 Å². The molecule has 1 heterocycles. The van der Waals surface area contributed by atoms with Crippen LogP contribution in [0, 0.1) is 5.82 Å². The zero-order valence-electron chi connectivity index (χ0n) is 13.3. The average Bonchev–Trinajstić information content (AvgIpc) is 3.02. The first-order chi connectivity index (χ1) is 12.6. The molecule has 0 atom stereocenters. The van der Waals surface area contributed by atoms with Crippen molar-refractivity contribution in [1.82, 2.24) is 4.98 Å². The number of thiazole rings is 1. The zero-order valence-corrected chi connectivity index (χ0v) is 14.9. The van der Waals surface area contributed by atoms with Crippen molar-refractivity contribution in [2.75, 3.05) is 10.5 Å². The van der Waals surface area contributed by atoms with E-state index in [4.69, 9.17) is 5.73 Å². The maximum Gasteiger partial charge on any atom is 0.416 e. The minimum Gasteiger partial charge on any atom is -0.399 e. The largest absolute Gasteiger partial charge is 0.416 e. The van der Waals surface area contributed by atoms with E-state index < -0.39 is 27.6 Å². The van der Waals surface area contributed by atoms with E-state index in [2.05, 4.69) is 9.71 Å². The van der Waals surface area contributed by atoms with Crippen LogP contribution in [0.15, 0.2) is 53.6 Å². The highest BCUT2D eigenvalue weighted by molar-refractivity contribution is 7.93. The van der Waals surface area contributed by atoms with Crippen LogP contribution >= 0.6 is 11.3 Å². The summed E-state index contributed by atoms with van der Waals surface area (Å²) in [6.45, 7) is 0. The Morgan fingerprint density at radius 2 is 1.74 bits per heavy atom. The van der Waals surface area contributed by atoms with Crippen molar-refractivity contribution in [3.63, 3.8) is 0 Å². The van der Waals surface area contributed by atoms with Crippen molar-refractivity contribution in [2.24, 2.45) is 0 Å². The molecule has 27 heavy (non-hydrogen) atoms. The van der Waals surface area contributed by atoms with Gasteiger partial charge >= 0.3 is 6.18 Å². The topological polar surface area (TPSA) is 85.1 Å². The molecule has 0 aliphatic heterocycles. The van der Waals surface area contributed by atoms with Gasteiger partial charge in [-0.2, -0.15) is 13.2 Å². The molecule has 0 fully saturated rings. The third kappa shape index (κ3) is 4.19. The standard InChI is InChI=1S/C16H11F4N3O2S2/c17-13-6-1-9(16(18,19)20)7-12(13)14-8-22-15(26-14)23-27(24,25)11-4-2-10(21)3-5-11/h1-8H,21H2,(H,22,23). The molecule has 0 saturated carbocycles. The number of anilines is 2. The van der Waals surface area contributed by atoms with Gasteiger partial charge < -0.3 is 5.73 Å². The second kappa shape index (κ2) is 6.82. The third-order valence-electron chi connectivity index (χ3n) is 3.48. The smallest absolute Gasteiger partial charge is 0.399 e. The average molecular weight is 417 g/mol. The highest BCUT2D eigenvalue weighted by Gasteiger charge is 2.31. The predicted molar refractivity (Wildman–Crippen MR) is 94.2 cm³/mol. The summed E-state index contributed by atoms with van der Waals surface area (Å²) in [7, 11) is -3.97. The number of rotatable bonds is 4. The number of hydrogen-bond acceptors (Lipinski definition) is 5. The number of alkyl halides is 3. The highest BCUT2D eigenvalue weighted by Crippen LogP contribution is 2.36. The molecule has 0 bridgehead atoms. The molecular weight excluding hydrogens is 406 g/mol. The van der Waals surface area contributed by atoms with Crippen molar-refractivity contribution in [2.45, 2.75) is 11.1 Å². The summed E-state index contributed by atoms with van der Waals surface area (Å²) >= 11 is 0.711. The van der Waals surface area contributed by atoms with Crippen molar-refractivity contribution >= 4 is 32.2 Å². The van der Waals surface area contributed by atoms with Crippen LogP contribution in [-0.4, -0.2) is 13.4 Å². The monoisotopic (exact) mass is 417 g/mol. The number of nitrogens with two attached hydrogens (primary N) is 1. The lowest BCUT2D eigenvalue weighted by atomic mass is 10.1. The van der Waals surface area contributed by atoms with Crippen LogP contribution in [0.2, 0.25) is 0 Å². The first kappa shape index (κ1) is 19.1. The number of hydrogen-bond donors (Lipinski definition) is 2. The summed E-state index contributed by atoms with van der Waals surface area (Å²) in [5.41, 5.74) is 4.55. The van der Waals surface area contributed by atoms with E-state index in [1.54, 1.807) is 0 Å². The Kier molecular flexibility index (Phi) is 4.82. The molecule has 11 heteroatoms. The van der Waals surface area contributed by atoms with Crippen LogP contribution in [0.25, 0.3) is 10.4 Å². The van der Waals surface area contributed by atoms with Crippen molar-refractivity contribution < 1.29 is 26.0 Å². The Bertz CT molecular complexity index is 1080. The van der Waals surface area contributed by atoms with Gasteiger partial charge in [-0.05, 0) is 42.5 Å². The van der Waals surface area contributed by atoms with Crippen LogP contribution in [0.4, 0.5) is 28.4 Å². The van der Waals surface area contributed by atoms with E-state index in [9.17, 15) is 26.0 Å². The van der Waals surface area contributed by atoms with E-state index in [1.807, 2.05) is 0 Å². The molecule has 1 aromatic heterocycles. The van der Waals surface area contributed by atoms with Crippen LogP contribution in [0.3, 0.4) is 0 Å². The number of nitrogens with zero attached hydrogens (tertiary/aromatic N) is 1. The number of sulfonamides is 1. The lowest BCUT2D eigenvalue weighted by Gasteiger charge is -2.08. The van der Waals surface area contributed by atoms with Gasteiger partial charge in [0.1, 0.15) is 5.82 Å². The molecule has 0 saturated heterocycles. The lowest BCUT2D eigenvalue weighted by molar-refractivity contribution is -0.137. The van der Waals surface area contributed by atoms with E-state index in [0.29, 0.717) is 35.2 Å². The Morgan fingerprint density at radius 1 is 1.07 bits per heavy atom. The van der Waals surface area contributed by atoms with Gasteiger partial charge in [0.05, 0.1) is 15.3 Å². The van der Waals surface area contributed by atoms with Gasteiger partial charge in [0.15, 0.2) is 5.13 Å². The van der Waals surface area contributed by atoms with Gasteiger partial charge in [0.25, 0.3) is 10.0 Å². The van der Waals surface area contributed by atoms with E-state index in [-0.39, 0.29) is 20.5 Å². The van der Waals surface area contributed by atoms with Crippen LogP contribution in [-0.2, 0) is 16.2 Å². The molecule has 5 nitrogen and oxygen atoms in total. The van der Waals surface area contributed by atoms with E-state index in [0.717, 1.165) is 6.20 Å². The van der Waals surface area contributed by atoms with Gasteiger partial charge in [0, 0.05) is 17.4 Å². The SMILES string of the molecule is Nc1ccc(S(=O)(=O)Nc2ncc(-c3cc(C(F)(F)F)ccc3F)s2)cc1. The first-order valence-corrected chi connectivity index (χ1v) is 9.57. The summed E-state index contributed by atoms with van der Waals surface area (Å²) in [6, 6.07) is 7.37. The van der Waals surface area contributed by atoms with Crippen LogP contribution in [0.1, 0.15) is 5.56 Å². The zero-order chi connectivity index (χ0) is 19.8. The molecule has 0 amide bonds. The maximum absolute atomic E-state index is 14.0. The molecule has 0 unspecified atom stereocenters. The summed E-state index contributed by atoms with van der Waals surface area (Å²) in [6.07, 6.45) is -3.53. The summed E-state index contributed by atoms with van der Waals surface area (Å²) in [4.78, 5) is 3.79. The second-order valence-electron chi connectivity index (χ2n) is 5.40. The highest BCUT2D eigenvalue weighted by atomic mass is 32.2. The van der Waals surface area contributed by atoms with Crippen molar-refractivity contribution in [1.29, 1.82) is 0 Å². The Morgan fingerprint density at radius 3 is 2.37 bits per heavy atom. The normalized spacial score (nSPS) is 12.1. The van der Waals surface area contributed by atoms with E-state index >= 15 is 0 Å². The van der Waals surface area contributed by atoms with Gasteiger partial charge in [0.2, 0.25) is 0 Å². The van der Waals surface area contributed by atoms with Gasteiger partial charge in [-0.1, -0.05) is 11.3 Å². The fraction of sp³-hybridized carbons (Fsp3) is 0.0625. The quantitative estimate of drug-likeness (QED) is 0.488. The Balaban J connectivity index is 1.90. The number of nitrogen functional groups attached to an aromatic ring is 1. The minimum atomic E-state index is -4.63. The number of benzene rings is 2. The molecule has 0 spiro atoms. The molecular formula is C16H11F4N3O2S2. The Hall–Kier alpha value is -2.66. The summed E-state index contributed by atoms with van der Waals surface area (Å²) in [5.74, 6) is -0.875. The van der Waals surface area contributed by atoms with Crippen molar-refractivity contribution in [3.05, 3.63) is 60.0 Å². The molecule has 0 radical (unpaired) electrons. The van der Waals surface area contributed by atoms with Gasteiger partial charge in [-0.25, -0.2) is 17.8 Å². The van der Waals surface area contributed by atoms with Crippen LogP contribution in [0.5, 0.6) is 0 Å². The fourth-order valence-corrected chi connectivity index (χ4v) is 4.23. The Labute approximate surface area is 155 Å². The molecule has 2 aromatic carbocycles. The lowest BCUT2D eigenvalue weighted by Crippen LogP contribution is -2.12. The molecule has 3 aromatic rings. The molecule has 3 N–H and O–H groups in total. The second-order valence-corrected chi connectivity index (χ2v) is 8.11. The molecule has 142 valence electrons. The predicted octanol–water partition coefficient (Wildman–Crippen LogP) is 4.35.